The van der Waals surface area contributed by atoms with Gasteiger partial charge in [-0.25, -0.2) is 8.42 Å². The number of hydrogen-bond donors (Lipinski definition) is 1. The summed E-state index contributed by atoms with van der Waals surface area (Å²) in [6, 6.07) is 29.5. The molecule has 0 spiro atoms. The Kier molecular flexibility index (Phi) is 7.65. The lowest BCUT2D eigenvalue weighted by Gasteiger charge is -2.30. The standard InChI is InChI=1S/C28H28NO5PS/c1-21-14-17-25(18-15-21)36(31,32)29-28(22-16-19-26(33-2)27(20-22)34-3)35(30,23-10-6-4-7-11-23)24-12-8-5-9-13-24/h4-20,28-29H,1-3H3. The summed E-state index contributed by atoms with van der Waals surface area (Å²) in [6.07, 6.45) is 0. The van der Waals surface area contributed by atoms with Crippen molar-refractivity contribution in [1.82, 2.24) is 4.72 Å². The fourth-order valence-electron chi connectivity index (χ4n) is 4.05. The van der Waals surface area contributed by atoms with Crippen molar-refractivity contribution in [1.29, 1.82) is 0 Å². The summed E-state index contributed by atoms with van der Waals surface area (Å²) in [5.41, 5.74) is 1.42. The second-order valence-electron chi connectivity index (χ2n) is 8.28. The highest BCUT2D eigenvalue weighted by Crippen LogP contribution is 2.56. The SMILES string of the molecule is COc1ccc(C(NS(=O)(=O)c2ccc(C)cc2)P(=O)(c2ccccc2)c2ccccc2)cc1OC. The predicted octanol–water partition coefficient (Wildman–Crippen LogP) is 5.00. The van der Waals surface area contributed by atoms with Gasteiger partial charge in [0.25, 0.3) is 0 Å². The Hall–Kier alpha value is -3.38. The van der Waals surface area contributed by atoms with Gasteiger partial charge in [0.15, 0.2) is 18.6 Å². The second kappa shape index (κ2) is 10.7. The molecule has 4 aromatic carbocycles. The highest BCUT2D eigenvalue weighted by atomic mass is 32.2. The van der Waals surface area contributed by atoms with Crippen molar-refractivity contribution in [3.8, 4) is 11.5 Å². The number of aryl methyl sites for hydroxylation is 1. The zero-order chi connectivity index (χ0) is 25.8. The largest absolute Gasteiger partial charge is 0.493 e. The maximum absolute atomic E-state index is 15.2. The van der Waals surface area contributed by atoms with E-state index in [1.54, 1.807) is 91.0 Å². The van der Waals surface area contributed by atoms with Crippen molar-refractivity contribution in [2.75, 3.05) is 14.2 Å². The lowest BCUT2D eigenvalue weighted by Crippen LogP contribution is -2.34. The number of ether oxygens (including phenoxy) is 2. The van der Waals surface area contributed by atoms with Crippen LogP contribution in [0.2, 0.25) is 0 Å². The zero-order valence-corrected chi connectivity index (χ0v) is 22.0. The monoisotopic (exact) mass is 521 g/mol. The van der Waals surface area contributed by atoms with Gasteiger partial charge in [-0.15, -0.1) is 0 Å². The van der Waals surface area contributed by atoms with Crippen LogP contribution in [0, 0.1) is 6.92 Å². The number of methoxy groups -OCH3 is 2. The van der Waals surface area contributed by atoms with E-state index in [1.807, 2.05) is 19.1 Å². The van der Waals surface area contributed by atoms with Crippen LogP contribution >= 0.6 is 7.14 Å². The highest BCUT2D eigenvalue weighted by molar-refractivity contribution is 7.90. The molecule has 0 aliphatic rings. The molecule has 0 radical (unpaired) electrons. The van der Waals surface area contributed by atoms with E-state index in [0.717, 1.165) is 5.56 Å². The lowest BCUT2D eigenvalue weighted by atomic mass is 10.2. The van der Waals surface area contributed by atoms with Gasteiger partial charge in [-0.05, 0) is 36.8 Å². The van der Waals surface area contributed by atoms with Gasteiger partial charge in [0.05, 0.1) is 19.1 Å². The normalized spacial score (nSPS) is 12.6. The predicted molar refractivity (Wildman–Crippen MR) is 144 cm³/mol. The van der Waals surface area contributed by atoms with Crippen LogP contribution in [-0.4, -0.2) is 22.6 Å². The summed E-state index contributed by atoms with van der Waals surface area (Å²) >= 11 is 0. The van der Waals surface area contributed by atoms with E-state index in [9.17, 15) is 8.42 Å². The molecule has 1 unspecified atom stereocenters. The van der Waals surface area contributed by atoms with Crippen LogP contribution in [-0.2, 0) is 14.6 Å². The van der Waals surface area contributed by atoms with Crippen LogP contribution in [0.15, 0.2) is 108 Å². The topological polar surface area (TPSA) is 81.7 Å². The van der Waals surface area contributed by atoms with Gasteiger partial charge in [-0.3, -0.25) is 0 Å². The number of sulfonamides is 1. The molecule has 6 nitrogen and oxygen atoms in total. The molecule has 0 aliphatic carbocycles. The molecule has 0 saturated carbocycles. The number of hydrogen-bond acceptors (Lipinski definition) is 5. The molecule has 0 bridgehead atoms. The van der Waals surface area contributed by atoms with E-state index >= 15 is 4.57 Å². The number of nitrogens with one attached hydrogen (secondary N) is 1. The van der Waals surface area contributed by atoms with Crippen LogP contribution < -0.4 is 24.8 Å². The maximum Gasteiger partial charge on any atom is 0.241 e. The van der Waals surface area contributed by atoms with Crippen molar-refractivity contribution in [3.63, 3.8) is 0 Å². The third-order valence-electron chi connectivity index (χ3n) is 5.96. The molecule has 0 heterocycles. The van der Waals surface area contributed by atoms with Gasteiger partial charge in [0.2, 0.25) is 10.0 Å². The third-order valence-corrected chi connectivity index (χ3v) is 10.9. The van der Waals surface area contributed by atoms with Gasteiger partial charge in [0.1, 0.15) is 5.78 Å². The van der Waals surface area contributed by atoms with Gasteiger partial charge in [0, 0.05) is 10.6 Å². The summed E-state index contributed by atoms with van der Waals surface area (Å²) in [5.74, 6) is -0.230. The number of benzene rings is 4. The minimum atomic E-state index is -4.05. The van der Waals surface area contributed by atoms with Crippen LogP contribution in [0.3, 0.4) is 0 Å². The Morgan fingerprint density at radius 1 is 0.722 bits per heavy atom. The quantitative estimate of drug-likeness (QED) is 0.314. The molecule has 0 saturated heterocycles. The van der Waals surface area contributed by atoms with Crippen molar-refractivity contribution in [3.05, 3.63) is 114 Å². The van der Waals surface area contributed by atoms with Crippen molar-refractivity contribution in [2.45, 2.75) is 17.6 Å². The van der Waals surface area contributed by atoms with Gasteiger partial charge in [-0.1, -0.05) is 84.4 Å². The van der Waals surface area contributed by atoms with Gasteiger partial charge >= 0.3 is 0 Å². The second-order valence-corrected chi connectivity index (χ2v) is 12.9. The van der Waals surface area contributed by atoms with Crippen LogP contribution in [0.5, 0.6) is 11.5 Å². The molecule has 186 valence electrons. The maximum atomic E-state index is 15.2. The molecular weight excluding hydrogens is 493 g/mol. The van der Waals surface area contributed by atoms with Crippen LogP contribution in [0.4, 0.5) is 0 Å². The fraction of sp³-hybridized carbons (Fsp3) is 0.143. The Labute approximate surface area is 212 Å². The fourth-order valence-corrected chi connectivity index (χ4v) is 8.83. The van der Waals surface area contributed by atoms with Gasteiger partial charge in [-0.2, -0.15) is 4.72 Å². The lowest BCUT2D eigenvalue weighted by molar-refractivity contribution is 0.354. The Bertz CT molecular complexity index is 1430. The first-order valence-electron chi connectivity index (χ1n) is 11.3. The molecule has 4 rings (SSSR count). The Morgan fingerprint density at radius 2 is 1.25 bits per heavy atom. The Morgan fingerprint density at radius 3 is 1.75 bits per heavy atom. The smallest absolute Gasteiger partial charge is 0.241 e. The minimum Gasteiger partial charge on any atom is -0.493 e. The molecule has 4 aromatic rings. The molecule has 0 fully saturated rings. The van der Waals surface area contributed by atoms with Crippen LogP contribution in [0.1, 0.15) is 16.9 Å². The molecule has 1 N–H and O–H groups in total. The van der Waals surface area contributed by atoms with E-state index in [0.29, 0.717) is 27.7 Å². The summed E-state index contributed by atoms with van der Waals surface area (Å²) in [7, 11) is -4.65. The first-order valence-corrected chi connectivity index (χ1v) is 14.6. The van der Waals surface area contributed by atoms with E-state index < -0.39 is 22.9 Å². The van der Waals surface area contributed by atoms with Crippen molar-refractivity contribution in [2.24, 2.45) is 0 Å². The molecule has 36 heavy (non-hydrogen) atoms. The molecule has 0 aliphatic heterocycles. The van der Waals surface area contributed by atoms with Crippen molar-refractivity contribution >= 4 is 27.8 Å². The van der Waals surface area contributed by atoms with E-state index in [4.69, 9.17) is 9.47 Å². The third kappa shape index (κ3) is 5.09. The van der Waals surface area contributed by atoms with Gasteiger partial charge < -0.3 is 14.0 Å². The average molecular weight is 522 g/mol. The molecule has 8 heteroatoms. The highest BCUT2D eigenvalue weighted by Gasteiger charge is 2.41. The van der Waals surface area contributed by atoms with Crippen molar-refractivity contribution < 1.29 is 22.5 Å². The first kappa shape index (κ1) is 25.7. The molecule has 1 atom stereocenters. The summed E-state index contributed by atoms with van der Waals surface area (Å²) in [6.45, 7) is 1.88. The summed E-state index contributed by atoms with van der Waals surface area (Å²) in [5, 5.41) is 1.06. The summed E-state index contributed by atoms with van der Waals surface area (Å²) in [4.78, 5) is 0.0891. The van der Waals surface area contributed by atoms with E-state index in [-0.39, 0.29) is 4.90 Å². The Balaban J connectivity index is 1.97. The average Bonchev–Trinajstić information content (AvgIpc) is 2.92. The summed E-state index contributed by atoms with van der Waals surface area (Å²) < 4.78 is 56.1. The molecule has 0 aromatic heterocycles. The zero-order valence-electron chi connectivity index (χ0n) is 20.3. The van der Waals surface area contributed by atoms with E-state index in [2.05, 4.69) is 4.72 Å². The molecule has 0 amide bonds. The van der Waals surface area contributed by atoms with E-state index in [1.165, 1.54) is 14.2 Å². The van der Waals surface area contributed by atoms with Crippen LogP contribution in [0.25, 0.3) is 0 Å². The first-order chi connectivity index (χ1) is 17.3. The number of rotatable bonds is 9. The minimum absolute atomic E-state index is 0.0891. The molecular formula is C28H28NO5PS.